The van der Waals surface area contributed by atoms with Crippen molar-refractivity contribution in [3.05, 3.63) is 29.3 Å². The van der Waals surface area contributed by atoms with Crippen molar-refractivity contribution in [1.82, 2.24) is 0 Å². The van der Waals surface area contributed by atoms with Gasteiger partial charge in [-0.2, -0.15) is 0 Å². The van der Waals surface area contributed by atoms with Gasteiger partial charge in [-0.25, -0.2) is 8.78 Å². The molecule has 1 rings (SSSR count). The first kappa shape index (κ1) is 11.5. The van der Waals surface area contributed by atoms with E-state index >= 15 is 0 Å². The van der Waals surface area contributed by atoms with Crippen LogP contribution in [0.5, 0.6) is 0 Å². The lowest BCUT2D eigenvalue weighted by Gasteiger charge is -2.15. The first-order chi connectivity index (χ1) is 6.49. The Hall–Kier alpha value is -0.570. The second-order valence-corrected chi connectivity index (χ2v) is 4.12. The zero-order chi connectivity index (χ0) is 10.8. The molecule has 0 aliphatic heterocycles. The monoisotopic (exact) mass is 216 g/mol. The van der Waals surface area contributed by atoms with Crippen molar-refractivity contribution < 1.29 is 8.78 Å². The molecular formula is C11H14F2S. The Balaban J connectivity index is 3.22. The van der Waals surface area contributed by atoms with Gasteiger partial charge >= 0.3 is 0 Å². The molecule has 0 spiro atoms. The average molecular weight is 216 g/mol. The summed E-state index contributed by atoms with van der Waals surface area (Å²) in [7, 11) is 0. The minimum Gasteiger partial charge on any atom is -0.202 e. The molecular weight excluding hydrogens is 202 g/mol. The van der Waals surface area contributed by atoms with Crippen molar-refractivity contribution in [2.24, 2.45) is 0 Å². The number of halogens is 2. The Morgan fingerprint density at radius 2 is 2.00 bits per heavy atom. The number of aryl methyl sites for hydroxylation is 1. The molecule has 0 heterocycles. The third-order valence-corrected chi connectivity index (χ3v) is 2.94. The zero-order valence-corrected chi connectivity index (χ0v) is 9.42. The minimum absolute atomic E-state index is 0.143. The standard InChI is InChI=1S/C11H14F2S/c1-4-8-5-6-10(14-3)9(7-8)11(2,12)13/h5-7H,4H2,1-3H3. The summed E-state index contributed by atoms with van der Waals surface area (Å²) in [5.41, 5.74) is 1.10. The van der Waals surface area contributed by atoms with Crippen molar-refractivity contribution in [3.8, 4) is 0 Å². The highest BCUT2D eigenvalue weighted by Crippen LogP contribution is 2.34. The summed E-state index contributed by atoms with van der Waals surface area (Å²) in [6.07, 6.45) is 2.61. The van der Waals surface area contributed by atoms with E-state index < -0.39 is 5.92 Å². The number of benzene rings is 1. The fourth-order valence-corrected chi connectivity index (χ4v) is 1.98. The predicted molar refractivity (Wildman–Crippen MR) is 57.2 cm³/mol. The Kier molecular flexibility index (Phi) is 3.53. The van der Waals surface area contributed by atoms with E-state index in [0.717, 1.165) is 18.9 Å². The second kappa shape index (κ2) is 4.30. The van der Waals surface area contributed by atoms with Gasteiger partial charge in [-0.3, -0.25) is 0 Å². The quantitative estimate of drug-likeness (QED) is 0.686. The Morgan fingerprint density at radius 1 is 1.36 bits per heavy atom. The van der Waals surface area contributed by atoms with Crippen LogP contribution in [0.3, 0.4) is 0 Å². The lowest BCUT2D eigenvalue weighted by Crippen LogP contribution is -2.09. The molecule has 1 aromatic rings. The van der Waals surface area contributed by atoms with Crippen LogP contribution in [0.2, 0.25) is 0 Å². The maximum Gasteiger partial charge on any atom is 0.271 e. The Labute approximate surface area is 87.7 Å². The molecule has 0 saturated carbocycles. The molecule has 0 nitrogen and oxygen atoms in total. The van der Waals surface area contributed by atoms with Crippen LogP contribution in [-0.2, 0) is 12.3 Å². The highest BCUT2D eigenvalue weighted by molar-refractivity contribution is 7.98. The van der Waals surface area contributed by atoms with Crippen molar-refractivity contribution >= 4 is 11.8 Å². The number of hydrogen-bond acceptors (Lipinski definition) is 1. The minimum atomic E-state index is -2.75. The molecule has 0 unspecified atom stereocenters. The first-order valence-corrected chi connectivity index (χ1v) is 5.76. The molecule has 0 aromatic heterocycles. The highest BCUT2D eigenvalue weighted by Gasteiger charge is 2.27. The van der Waals surface area contributed by atoms with Crippen molar-refractivity contribution in [1.29, 1.82) is 0 Å². The van der Waals surface area contributed by atoms with Crippen LogP contribution in [0, 0.1) is 0 Å². The van der Waals surface area contributed by atoms with E-state index in [9.17, 15) is 8.78 Å². The van der Waals surface area contributed by atoms with Crippen molar-refractivity contribution in [3.63, 3.8) is 0 Å². The number of alkyl halides is 2. The van der Waals surface area contributed by atoms with Gasteiger partial charge in [0.25, 0.3) is 5.92 Å². The Morgan fingerprint density at radius 3 is 2.43 bits per heavy atom. The summed E-state index contributed by atoms with van der Waals surface area (Å²) in [5.74, 6) is -2.75. The summed E-state index contributed by atoms with van der Waals surface area (Å²) >= 11 is 1.36. The second-order valence-electron chi connectivity index (χ2n) is 3.28. The van der Waals surface area contributed by atoms with Gasteiger partial charge in [0.2, 0.25) is 0 Å². The van der Waals surface area contributed by atoms with Crippen LogP contribution in [-0.4, -0.2) is 6.26 Å². The van der Waals surface area contributed by atoms with Gasteiger partial charge in [-0.15, -0.1) is 11.8 Å². The van der Waals surface area contributed by atoms with E-state index in [2.05, 4.69) is 0 Å². The summed E-state index contributed by atoms with van der Waals surface area (Å²) in [5, 5.41) is 0. The molecule has 1 aromatic carbocycles. The van der Waals surface area contributed by atoms with E-state index in [1.807, 2.05) is 19.2 Å². The molecule has 0 N–H and O–H groups in total. The molecule has 0 bridgehead atoms. The SMILES string of the molecule is CCc1ccc(SC)c(C(C)(F)F)c1. The Bertz CT molecular complexity index is 316. The van der Waals surface area contributed by atoms with Gasteiger partial charge < -0.3 is 0 Å². The fourth-order valence-electron chi connectivity index (χ4n) is 1.32. The van der Waals surface area contributed by atoms with Gasteiger partial charge in [0, 0.05) is 17.4 Å². The molecule has 14 heavy (non-hydrogen) atoms. The summed E-state index contributed by atoms with van der Waals surface area (Å²) in [6, 6.07) is 5.28. The van der Waals surface area contributed by atoms with Gasteiger partial charge in [-0.1, -0.05) is 13.0 Å². The van der Waals surface area contributed by atoms with Crippen LogP contribution in [0.1, 0.15) is 25.0 Å². The van der Waals surface area contributed by atoms with Crippen LogP contribution >= 0.6 is 11.8 Å². The third-order valence-electron chi connectivity index (χ3n) is 2.15. The third kappa shape index (κ3) is 2.47. The summed E-state index contributed by atoms with van der Waals surface area (Å²) in [6.45, 7) is 2.91. The van der Waals surface area contributed by atoms with Crippen LogP contribution in [0.25, 0.3) is 0 Å². The lowest BCUT2D eigenvalue weighted by molar-refractivity contribution is 0.0146. The van der Waals surface area contributed by atoms with Crippen LogP contribution < -0.4 is 0 Å². The van der Waals surface area contributed by atoms with Gasteiger partial charge in [0.1, 0.15) is 0 Å². The molecule has 78 valence electrons. The summed E-state index contributed by atoms with van der Waals surface area (Å²) in [4.78, 5) is 0.662. The van der Waals surface area contributed by atoms with E-state index in [1.165, 1.54) is 11.8 Å². The molecule has 0 amide bonds. The topological polar surface area (TPSA) is 0 Å². The molecule has 0 fully saturated rings. The van der Waals surface area contributed by atoms with Gasteiger partial charge in [-0.05, 0) is 30.4 Å². The van der Waals surface area contributed by atoms with E-state index in [0.29, 0.717) is 4.90 Å². The number of rotatable bonds is 3. The van der Waals surface area contributed by atoms with Crippen LogP contribution in [0.15, 0.2) is 23.1 Å². The maximum absolute atomic E-state index is 13.2. The largest absolute Gasteiger partial charge is 0.271 e. The number of hydrogen-bond donors (Lipinski definition) is 0. The predicted octanol–water partition coefficient (Wildman–Crippen LogP) is 4.08. The van der Waals surface area contributed by atoms with E-state index in [4.69, 9.17) is 0 Å². The highest BCUT2D eigenvalue weighted by atomic mass is 32.2. The molecule has 0 atom stereocenters. The molecule has 0 aliphatic rings. The maximum atomic E-state index is 13.2. The lowest BCUT2D eigenvalue weighted by atomic mass is 10.0. The van der Waals surface area contributed by atoms with E-state index in [-0.39, 0.29) is 5.56 Å². The molecule has 0 saturated heterocycles. The zero-order valence-electron chi connectivity index (χ0n) is 8.60. The first-order valence-electron chi connectivity index (χ1n) is 4.54. The summed E-state index contributed by atoms with van der Waals surface area (Å²) < 4.78 is 26.4. The smallest absolute Gasteiger partial charge is 0.202 e. The molecule has 0 radical (unpaired) electrons. The van der Waals surface area contributed by atoms with Gasteiger partial charge in [0.15, 0.2) is 0 Å². The molecule has 3 heteroatoms. The van der Waals surface area contributed by atoms with Crippen LogP contribution in [0.4, 0.5) is 8.78 Å². The van der Waals surface area contributed by atoms with E-state index in [1.54, 1.807) is 12.1 Å². The average Bonchev–Trinajstić information content (AvgIpc) is 2.15. The van der Waals surface area contributed by atoms with Crippen molar-refractivity contribution in [2.45, 2.75) is 31.1 Å². The van der Waals surface area contributed by atoms with Gasteiger partial charge in [0.05, 0.1) is 0 Å². The molecule has 0 aliphatic carbocycles. The normalized spacial score (nSPS) is 11.8. The number of thioether (sulfide) groups is 1. The van der Waals surface area contributed by atoms with Crippen molar-refractivity contribution in [2.75, 3.05) is 6.26 Å². The fraction of sp³-hybridized carbons (Fsp3) is 0.455.